The van der Waals surface area contributed by atoms with Crippen molar-refractivity contribution in [3.8, 4) is 0 Å². The molecule has 2 aliphatic carbocycles. The van der Waals surface area contributed by atoms with Crippen molar-refractivity contribution < 1.29 is 9.59 Å². The third kappa shape index (κ3) is 2.76. The Balaban J connectivity index is 1.72. The van der Waals surface area contributed by atoms with Crippen LogP contribution in [0.4, 0.5) is 0 Å². The van der Waals surface area contributed by atoms with E-state index in [0.29, 0.717) is 13.1 Å². The molecule has 4 atom stereocenters. The molecule has 3 aliphatic rings. The maximum atomic E-state index is 13.0. The van der Waals surface area contributed by atoms with Crippen molar-refractivity contribution in [3.05, 3.63) is 0 Å². The number of rotatable bonds is 2. The molecule has 2 amide bonds. The molecule has 0 spiro atoms. The van der Waals surface area contributed by atoms with Crippen LogP contribution < -0.4 is 0 Å². The summed E-state index contributed by atoms with van der Waals surface area (Å²) in [5, 5.41) is 0. The first-order chi connectivity index (χ1) is 10.8. The zero-order valence-corrected chi connectivity index (χ0v) is 20.5. The zero-order chi connectivity index (χ0) is 18.3. The number of carbonyl (C=O) groups excluding carboxylic acids is 2. The first-order valence-electron chi connectivity index (χ1n) is 8.15. The van der Waals surface area contributed by atoms with Crippen molar-refractivity contribution in [3.63, 3.8) is 0 Å². The number of carbonyl (C=O) groups is 2. The lowest BCUT2D eigenvalue weighted by atomic mass is 10.00. The van der Waals surface area contributed by atoms with Gasteiger partial charge in [-0.1, -0.05) is 63.7 Å². The summed E-state index contributed by atoms with van der Waals surface area (Å²) >= 11 is 14.3. The largest absolute Gasteiger partial charge is 0.336 e. The average molecular weight is 594 g/mol. The number of hydrogen-bond acceptors (Lipinski definition) is 2. The van der Waals surface area contributed by atoms with E-state index in [1.807, 2.05) is 37.5 Å². The van der Waals surface area contributed by atoms with Gasteiger partial charge in [0.1, 0.15) is 0 Å². The lowest BCUT2D eigenvalue weighted by molar-refractivity contribution is -0.151. The highest BCUT2D eigenvalue weighted by Gasteiger charge is 2.69. The van der Waals surface area contributed by atoms with Gasteiger partial charge in [-0.3, -0.25) is 9.59 Å². The van der Waals surface area contributed by atoms with Gasteiger partial charge in [0, 0.05) is 25.2 Å². The van der Waals surface area contributed by atoms with Gasteiger partial charge in [0.25, 0.3) is 0 Å². The molecule has 0 N–H and O–H groups in total. The Labute approximate surface area is 177 Å². The van der Waals surface area contributed by atoms with Gasteiger partial charge in [-0.15, -0.1) is 0 Å². The van der Waals surface area contributed by atoms with Crippen molar-refractivity contribution in [2.75, 3.05) is 13.1 Å². The van der Waals surface area contributed by atoms with Crippen LogP contribution in [0.2, 0.25) is 0 Å². The number of amides is 2. The van der Waals surface area contributed by atoms with Crippen molar-refractivity contribution in [1.29, 1.82) is 0 Å². The Hall–Kier alpha value is 0.860. The van der Waals surface area contributed by atoms with Crippen LogP contribution in [0.25, 0.3) is 0 Å². The maximum absolute atomic E-state index is 13.0. The lowest BCUT2D eigenvalue weighted by Crippen LogP contribution is -2.62. The molecule has 0 radical (unpaired) electrons. The minimum Gasteiger partial charge on any atom is -0.336 e. The van der Waals surface area contributed by atoms with Crippen molar-refractivity contribution in [2.45, 2.75) is 59.1 Å². The van der Waals surface area contributed by atoms with E-state index in [1.54, 1.807) is 0 Å². The Morgan fingerprint density at radius 3 is 1.25 bits per heavy atom. The highest BCUT2D eigenvalue weighted by Crippen LogP contribution is 2.68. The van der Waals surface area contributed by atoms with E-state index in [1.165, 1.54) is 0 Å². The van der Waals surface area contributed by atoms with Gasteiger partial charge >= 0.3 is 0 Å². The van der Waals surface area contributed by atoms with Gasteiger partial charge < -0.3 is 9.80 Å². The average Bonchev–Trinajstić information content (AvgIpc) is 3.19. The molecule has 136 valence electrons. The normalized spacial score (nSPS) is 42.7. The summed E-state index contributed by atoms with van der Waals surface area (Å²) in [4.78, 5) is 29.9. The maximum Gasteiger partial charge on any atom is 0.231 e. The quantitative estimate of drug-likeness (QED) is 0.450. The predicted molar refractivity (Wildman–Crippen MR) is 109 cm³/mol. The van der Waals surface area contributed by atoms with Gasteiger partial charge in [0.2, 0.25) is 11.8 Å². The van der Waals surface area contributed by atoms with E-state index in [4.69, 9.17) is 0 Å². The number of halogens is 4. The van der Waals surface area contributed by atoms with Gasteiger partial charge in [0.05, 0.1) is 17.3 Å². The van der Waals surface area contributed by atoms with Crippen LogP contribution in [0.3, 0.4) is 0 Å². The fourth-order valence-corrected chi connectivity index (χ4v) is 6.51. The Morgan fingerprint density at radius 2 is 1.04 bits per heavy atom. The summed E-state index contributed by atoms with van der Waals surface area (Å²) < 4.78 is -0.569. The molecule has 1 heterocycles. The Kier molecular flexibility index (Phi) is 4.64. The molecule has 1 aliphatic heterocycles. The fraction of sp³-hybridized carbons (Fsp3) is 0.875. The summed E-state index contributed by atoms with van der Waals surface area (Å²) in [5.74, 6) is 0.325. The molecule has 2 saturated carbocycles. The molecule has 3 rings (SSSR count). The van der Waals surface area contributed by atoms with Crippen molar-refractivity contribution in [2.24, 2.45) is 10.8 Å². The molecule has 24 heavy (non-hydrogen) atoms. The summed E-state index contributed by atoms with van der Waals surface area (Å²) in [7, 11) is 0. The van der Waals surface area contributed by atoms with E-state index in [0.717, 1.165) is 12.8 Å². The standard InChI is InChI=1S/C16H22Br4N2O2/c1-9-5-22(12(24)14(4)8-16(14,19)20)10(2)6-21(9)11(23)13(3)7-15(13,17)18/h9-10H,5-8H2,1-4H3. The summed E-state index contributed by atoms with van der Waals surface area (Å²) in [5.41, 5.74) is -0.812. The highest BCUT2D eigenvalue weighted by atomic mass is 79.9. The van der Waals surface area contributed by atoms with Gasteiger partial charge in [-0.2, -0.15) is 0 Å². The lowest BCUT2D eigenvalue weighted by Gasteiger charge is -2.46. The second-order valence-electron chi connectivity index (χ2n) is 8.04. The topological polar surface area (TPSA) is 40.6 Å². The summed E-state index contributed by atoms with van der Waals surface area (Å²) in [6, 6.07) is 0.0431. The Bertz CT molecular complexity index is 559. The van der Waals surface area contributed by atoms with E-state index in [9.17, 15) is 9.59 Å². The fourth-order valence-electron chi connectivity index (χ4n) is 3.59. The highest BCUT2D eigenvalue weighted by molar-refractivity contribution is 9.26. The molecule has 0 aromatic heterocycles. The molecule has 3 fully saturated rings. The first-order valence-corrected chi connectivity index (χ1v) is 11.3. The molecular weight excluding hydrogens is 572 g/mol. The molecule has 0 bridgehead atoms. The van der Waals surface area contributed by atoms with E-state index in [2.05, 4.69) is 63.7 Å². The first kappa shape index (κ1) is 19.6. The number of piperazine rings is 1. The van der Waals surface area contributed by atoms with Crippen LogP contribution in [0.15, 0.2) is 0 Å². The van der Waals surface area contributed by atoms with Gasteiger partial charge in [-0.05, 0) is 40.5 Å². The SMILES string of the molecule is CC1CN(C(=O)C2(C)CC2(Br)Br)C(C)CN1C(=O)C1(C)CC1(Br)Br. The minimum absolute atomic E-state index is 0.0216. The monoisotopic (exact) mass is 590 g/mol. The van der Waals surface area contributed by atoms with Crippen LogP contribution >= 0.6 is 63.7 Å². The van der Waals surface area contributed by atoms with E-state index < -0.39 is 10.8 Å². The molecule has 0 aromatic rings. The zero-order valence-electron chi connectivity index (χ0n) is 14.2. The number of alkyl halides is 4. The third-order valence-corrected chi connectivity index (χ3v) is 10.6. The van der Waals surface area contributed by atoms with Crippen LogP contribution in [0.1, 0.15) is 40.5 Å². The number of hydrogen-bond donors (Lipinski definition) is 0. The minimum atomic E-state index is -0.406. The molecule has 4 nitrogen and oxygen atoms in total. The van der Waals surface area contributed by atoms with Crippen molar-refractivity contribution in [1.82, 2.24) is 9.80 Å². The van der Waals surface area contributed by atoms with Crippen molar-refractivity contribution >= 4 is 75.5 Å². The smallest absolute Gasteiger partial charge is 0.231 e. The summed E-state index contributed by atoms with van der Waals surface area (Å²) in [6.07, 6.45) is 1.57. The van der Waals surface area contributed by atoms with Gasteiger partial charge in [-0.25, -0.2) is 0 Å². The third-order valence-electron chi connectivity index (χ3n) is 5.97. The van der Waals surface area contributed by atoms with E-state index in [-0.39, 0.29) is 30.4 Å². The predicted octanol–water partition coefficient (Wildman–Crippen LogP) is 4.23. The number of nitrogens with zero attached hydrogens (tertiary/aromatic N) is 2. The summed E-state index contributed by atoms with van der Waals surface area (Å²) in [6.45, 7) is 9.22. The molecule has 4 unspecified atom stereocenters. The second-order valence-corrected chi connectivity index (χ2v) is 15.6. The van der Waals surface area contributed by atoms with Crippen LogP contribution in [-0.2, 0) is 9.59 Å². The molecule has 1 saturated heterocycles. The molecule has 8 heteroatoms. The molecular formula is C16H22Br4N2O2. The Morgan fingerprint density at radius 1 is 0.792 bits per heavy atom. The van der Waals surface area contributed by atoms with Crippen LogP contribution in [0, 0.1) is 10.8 Å². The van der Waals surface area contributed by atoms with Crippen LogP contribution in [-0.4, -0.2) is 53.3 Å². The van der Waals surface area contributed by atoms with E-state index >= 15 is 0 Å². The second kappa shape index (κ2) is 5.68. The van der Waals surface area contributed by atoms with Gasteiger partial charge in [0.15, 0.2) is 0 Å². The van der Waals surface area contributed by atoms with Crippen LogP contribution in [0.5, 0.6) is 0 Å². The molecule has 0 aromatic carbocycles.